The lowest BCUT2D eigenvalue weighted by Gasteiger charge is -2.20. The van der Waals surface area contributed by atoms with Gasteiger partial charge in [-0.05, 0) is 5.92 Å². The predicted octanol–water partition coefficient (Wildman–Crippen LogP) is 0.195. The zero-order chi connectivity index (χ0) is 12.2. The molecule has 0 bridgehead atoms. The van der Waals surface area contributed by atoms with Gasteiger partial charge in [-0.25, -0.2) is 5.48 Å². The van der Waals surface area contributed by atoms with Gasteiger partial charge in [-0.1, -0.05) is 13.8 Å². The molecule has 8 heteroatoms. The molecule has 0 fully saturated rings. The van der Waals surface area contributed by atoms with Crippen molar-refractivity contribution in [2.75, 3.05) is 0 Å². The van der Waals surface area contributed by atoms with E-state index in [1.54, 1.807) is 0 Å². The fourth-order valence-electron chi connectivity index (χ4n) is 0.828. The van der Waals surface area contributed by atoms with Crippen LogP contribution in [0.2, 0.25) is 0 Å². The average molecular weight is 228 g/mol. The van der Waals surface area contributed by atoms with Gasteiger partial charge < -0.3 is 5.32 Å². The number of amides is 2. The SMILES string of the molecule is CC(C)C(NC(=O)C(F)(F)F)C(=O)NO. The second-order valence-corrected chi connectivity index (χ2v) is 3.17. The predicted molar refractivity (Wildman–Crippen MR) is 42.8 cm³/mol. The van der Waals surface area contributed by atoms with Crippen molar-refractivity contribution in [3.8, 4) is 0 Å². The molecule has 0 aliphatic rings. The van der Waals surface area contributed by atoms with Crippen LogP contribution in [0.3, 0.4) is 0 Å². The minimum absolute atomic E-state index is 0.580. The van der Waals surface area contributed by atoms with Gasteiger partial charge in [0.2, 0.25) is 0 Å². The van der Waals surface area contributed by atoms with Crippen LogP contribution in [0, 0.1) is 5.92 Å². The van der Waals surface area contributed by atoms with Crippen LogP contribution in [0.4, 0.5) is 13.2 Å². The highest BCUT2D eigenvalue weighted by molar-refractivity contribution is 5.89. The lowest BCUT2D eigenvalue weighted by atomic mass is 10.0. The summed E-state index contributed by atoms with van der Waals surface area (Å²) in [5.41, 5.74) is 1.18. The molecule has 3 N–H and O–H groups in total. The van der Waals surface area contributed by atoms with Gasteiger partial charge in [-0.3, -0.25) is 14.8 Å². The Bertz CT molecular complexity index is 252. The molecule has 0 rings (SSSR count). The Balaban J connectivity index is 4.57. The Morgan fingerprint density at radius 1 is 1.27 bits per heavy atom. The van der Waals surface area contributed by atoms with E-state index in [4.69, 9.17) is 5.21 Å². The van der Waals surface area contributed by atoms with Crippen molar-refractivity contribution in [2.24, 2.45) is 5.92 Å². The standard InChI is InChI=1S/C7H11F3N2O3/c1-3(2)4(5(13)12-15)11-6(14)7(8,9)10/h3-4,15H,1-2H3,(H,11,14)(H,12,13). The van der Waals surface area contributed by atoms with Crippen molar-refractivity contribution in [1.82, 2.24) is 10.8 Å². The molecular formula is C7H11F3N2O3. The number of alkyl halides is 3. The molecule has 0 aromatic rings. The van der Waals surface area contributed by atoms with Crippen LogP contribution < -0.4 is 10.8 Å². The lowest BCUT2D eigenvalue weighted by molar-refractivity contribution is -0.175. The summed E-state index contributed by atoms with van der Waals surface area (Å²) in [5.74, 6) is -3.89. The number of carbonyl (C=O) groups is 2. The number of halogens is 3. The van der Waals surface area contributed by atoms with Gasteiger partial charge in [0.15, 0.2) is 0 Å². The summed E-state index contributed by atoms with van der Waals surface area (Å²) in [7, 11) is 0. The minimum Gasteiger partial charge on any atom is -0.336 e. The van der Waals surface area contributed by atoms with Crippen LogP contribution in [0.1, 0.15) is 13.8 Å². The first-order valence-electron chi connectivity index (χ1n) is 4.01. The van der Waals surface area contributed by atoms with Crippen molar-refractivity contribution in [3.05, 3.63) is 0 Å². The van der Waals surface area contributed by atoms with Crippen LogP contribution in [-0.2, 0) is 9.59 Å². The summed E-state index contributed by atoms with van der Waals surface area (Å²) in [6, 6.07) is -1.43. The van der Waals surface area contributed by atoms with Crippen LogP contribution in [0.15, 0.2) is 0 Å². The highest BCUT2D eigenvalue weighted by atomic mass is 19.4. The van der Waals surface area contributed by atoms with Gasteiger partial charge in [-0.2, -0.15) is 13.2 Å². The largest absolute Gasteiger partial charge is 0.471 e. The minimum atomic E-state index is -5.05. The van der Waals surface area contributed by atoms with Gasteiger partial charge in [-0.15, -0.1) is 0 Å². The molecule has 0 saturated heterocycles. The van der Waals surface area contributed by atoms with Gasteiger partial charge in [0, 0.05) is 0 Å². The molecule has 0 aromatic carbocycles. The normalized spacial score (nSPS) is 13.5. The van der Waals surface area contributed by atoms with Crippen molar-refractivity contribution >= 4 is 11.8 Å². The topological polar surface area (TPSA) is 78.4 Å². The van der Waals surface area contributed by atoms with Crippen LogP contribution in [0.5, 0.6) is 0 Å². The van der Waals surface area contributed by atoms with Crippen molar-refractivity contribution in [3.63, 3.8) is 0 Å². The third kappa shape index (κ3) is 4.15. The number of hydrogen-bond acceptors (Lipinski definition) is 3. The second kappa shape index (κ2) is 4.96. The molecular weight excluding hydrogens is 217 g/mol. The van der Waals surface area contributed by atoms with E-state index in [-0.39, 0.29) is 0 Å². The van der Waals surface area contributed by atoms with Crippen LogP contribution >= 0.6 is 0 Å². The zero-order valence-electron chi connectivity index (χ0n) is 8.05. The maximum absolute atomic E-state index is 11.8. The average Bonchev–Trinajstić information content (AvgIpc) is 2.10. The summed E-state index contributed by atoms with van der Waals surface area (Å²) in [5, 5.41) is 9.71. The molecule has 15 heavy (non-hydrogen) atoms. The highest BCUT2D eigenvalue weighted by Crippen LogP contribution is 2.15. The van der Waals surface area contributed by atoms with Crippen LogP contribution in [-0.4, -0.2) is 29.2 Å². The van der Waals surface area contributed by atoms with Crippen molar-refractivity contribution < 1.29 is 28.0 Å². The Morgan fingerprint density at radius 2 is 1.73 bits per heavy atom. The monoisotopic (exact) mass is 228 g/mol. The molecule has 0 spiro atoms. The van der Waals surface area contributed by atoms with Crippen LogP contribution in [0.25, 0.3) is 0 Å². The number of hydroxylamine groups is 1. The quantitative estimate of drug-likeness (QED) is 0.476. The Kier molecular flexibility index (Phi) is 4.53. The van der Waals surface area contributed by atoms with E-state index < -0.39 is 30.0 Å². The molecule has 0 aromatic heterocycles. The van der Waals surface area contributed by atoms with E-state index in [0.29, 0.717) is 0 Å². The Hall–Kier alpha value is -1.31. The van der Waals surface area contributed by atoms with Gasteiger partial charge in [0.25, 0.3) is 5.91 Å². The second-order valence-electron chi connectivity index (χ2n) is 3.17. The molecule has 2 amide bonds. The van der Waals surface area contributed by atoms with Gasteiger partial charge in [0.1, 0.15) is 6.04 Å². The molecule has 0 radical (unpaired) electrons. The van der Waals surface area contributed by atoms with Crippen molar-refractivity contribution in [2.45, 2.75) is 26.1 Å². The van der Waals surface area contributed by atoms with E-state index in [2.05, 4.69) is 0 Å². The fraction of sp³-hybridized carbons (Fsp3) is 0.714. The molecule has 0 saturated carbocycles. The Labute approximate surface area is 83.6 Å². The molecule has 0 aliphatic heterocycles. The maximum Gasteiger partial charge on any atom is 0.471 e. The van der Waals surface area contributed by atoms with E-state index in [0.717, 1.165) is 0 Å². The maximum atomic E-state index is 11.8. The van der Waals surface area contributed by atoms with E-state index in [9.17, 15) is 22.8 Å². The Morgan fingerprint density at radius 3 is 2.00 bits per heavy atom. The molecule has 1 atom stereocenters. The van der Waals surface area contributed by atoms with Gasteiger partial charge >= 0.3 is 12.1 Å². The summed E-state index contributed by atoms with van der Waals surface area (Å²) < 4.78 is 35.5. The molecule has 0 heterocycles. The molecule has 88 valence electrons. The molecule has 1 unspecified atom stereocenters. The lowest BCUT2D eigenvalue weighted by Crippen LogP contribution is -2.52. The zero-order valence-corrected chi connectivity index (χ0v) is 8.05. The third-order valence-corrected chi connectivity index (χ3v) is 1.60. The molecule has 0 aliphatic carbocycles. The summed E-state index contributed by atoms with van der Waals surface area (Å²) >= 11 is 0. The summed E-state index contributed by atoms with van der Waals surface area (Å²) in [4.78, 5) is 21.4. The van der Waals surface area contributed by atoms with E-state index in [1.165, 1.54) is 24.6 Å². The summed E-state index contributed by atoms with van der Waals surface area (Å²) in [6.07, 6.45) is -5.05. The number of nitrogens with one attached hydrogen (secondary N) is 2. The fourth-order valence-corrected chi connectivity index (χ4v) is 0.828. The highest BCUT2D eigenvalue weighted by Gasteiger charge is 2.41. The van der Waals surface area contributed by atoms with Crippen molar-refractivity contribution in [1.29, 1.82) is 0 Å². The number of hydrogen-bond donors (Lipinski definition) is 3. The molecule has 5 nitrogen and oxygen atoms in total. The van der Waals surface area contributed by atoms with Gasteiger partial charge in [0.05, 0.1) is 0 Å². The summed E-state index contributed by atoms with van der Waals surface area (Å²) in [6.45, 7) is 2.85. The third-order valence-electron chi connectivity index (χ3n) is 1.60. The number of carbonyl (C=O) groups excluding carboxylic acids is 2. The smallest absolute Gasteiger partial charge is 0.336 e. The number of rotatable bonds is 3. The first kappa shape index (κ1) is 13.7. The first-order chi connectivity index (χ1) is 6.70. The van der Waals surface area contributed by atoms with E-state index >= 15 is 0 Å². The first-order valence-corrected chi connectivity index (χ1v) is 4.01. The van der Waals surface area contributed by atoms with E-state index in [1.807, 2.05) is 0 Å².